The van der Waals surface area contributed by atoms with Gasteiger partial charge in [0, 0.05) is 36.8 Å². The number of piperidine rings is 1. The van der Waals surface area contributed by atoms with Crippen LogP contribution in [0.2, 0.25) is 0 Å². The molecule has 0 radical (unpaired) electrons. The van der Waals surface area contributed by atoms with E-state index in [0.29, 0.717) is 24.2 Å². The van der Waals surface area contributed by atoms with Crippen LogP contribution in [0.1, 0.15) is 28.8 Å². The van der Waals surface area contributed by atoms with Crippen LogP contribution in [-0.4, -0.2) is 34.9 Å². The topological polar surface area (TPSA) is 89.5 Å². The summed E-state index contributed by atoms with van der Waals surface area (Å²) >= 11 is 0. The van der Waals surface area contributed by atoms with E-state index in [9.17, 15) is 14.9 Å². The molecule has 1 saturated heterocycles. The molecule has 1 fully saturated rings. The Hall–Kier alpha value is -1.95. The van der Waals surface area contributed by atoms with E-state index in [4.69, 9.17) is 5.73 Å². The van der Waals surface area contributed by atoms with Gasteiger partial charge in [-0.15, -0.1) is 0 Å². The molecule has 0 saturated carbocycles. The maximum Gasteiger partial charge on any atom is 0.269 e. The lowest BCUT2D eigenvalue weighted by atomic mass is 10.0. The zero-order chi connectivity index (χ0) is 14.0. The molecule has 1 atom stereocenters. The molecule has 1 amide bonds. The first-order chi connectivity index (χ1) is 8.99. The summed E-state index contributed by atoms with van der Waals surface area (Å²) in [6.07, 6.45) is 1.84. The van der Waals surface area contributed by atoms with Gasteiger partial charge in [0.05, 0.1) is 4.92 Å². The van der Waals surface area contributed by atoms with Crippen molar-refractivity contribution in [3.05, 3.63) is 39.4 Å². The molecular weight excluding hydrogens is 246 g/mol. The van der Waals surface area contributed by atoms with E-state index in [0.717, 1.165) is 12.8 Å². The number of aryl methyl sites for hydroxylation is 1. The van der Waals surface area contributed by atoms with E-state index in [2.05, 4.69) is 0 Å². The van der Waals surface area contributed by atoms with Gasteiger partial charge in [-0.25, -0.2) is 0 Å². The Labute approximate surface area is 111 Å². The van der Waals surface area contributed by atoms with Crippen LogP contribution < -0.4 is 5.73 Å². The number of carbonyl (C=O) groups excluding carboxylic acids is 1. The number of hydrogen-bond acceptors (Lipinski definition) is 4. The van der Waals surface area contributed by atoms with E-state index in [1.54, 1.807) is 11.8 Å². The Bertz CT molecular complexity index is 516. The van der Waals surface area contributed by atoms with E-state index in [-0.39, 0.29) is 17.6 Å². The van der Waals surface area contributed by atoms with Crippen LogP contribution in [0, 0.1) is 17.0 Å². The average Bonchev–Trinajstić information content (AvgIpc) is 2.37. The molecule has 0 aliphatic carbocycles. The first kappa shape index (κ1) is 13.5. The number of non-ortho nitro benzene ring substituents is 1. The minimum Gasteiger partial charge on any atom is -0.337 e. The van der Waals surface area contributed by atoms with Crippen molar-refractivity contribution < 1.29 is 9.72 Å². The summed E-state index contributed by atoms with van der Waals surface area (Å²) in [4.78, 5) is 24.3. The number of nitrogens with two attached hydrogens (primary N) is 1. The van der Waals surface area contributed by atoms with Gasteiger partial charge in [-0.3, -0.25) is 14.9 Å². The van der Waals surface area contributed by atoms with E-state index in [1.165, 1.54) is 18.2 Å². The summed E-state index contributed by atoms with van der Waals surface area (Å²) in [6, 6.07) is 4.34. The Morgan fingerprint density at radius 2 is 2.26 bits per heavy atom. The minimum absolute atomic E-state index is 0.00407. The molecule has 1 aliphatic rings. The van der Waals surface area contributed by atoms with Crippen LogP contribution in [-0.2, 0) is 0 Å². The Morgan fingerprint density at radius 3 is 2.84 bits per heavy atom. The summed E-state index contributed by atoms with van der Waals surface area (Å²) in [6.45, 7) is 2.96. The van der Waals surface area contributed by atoms with Crippen LogP contribution in [0.15, 0.2) is 18.2 Å². The van der Waals surface area contributed by atoms with Crippen molar-refractivity contribution in [2.75, 3.05) is 13.1 Å². The Morgan fingerprint density at radius 1 is 1.53 bits per heavy atom. The standard InChI is InChI=1S/C13H17N3O3/c1-9-7-11(16(18)19)4-5-12(9)13(17)15-6-2-3-10(14)8-15/h4-5,7,10H,2-3,6,8,14H2,1H3/t10-/m1/s1. The molecule has 0 aromatic heterocycles. The average molecular weight is 263 g/mol. The van der Waals surface area contributed by atoms with Crippen molar-refractivity contribution in [3.8, 4) is 0 Å². The summed E-state index contributed by atoms with van der Waals surface area (Å²) in [7, 11) is 0. The molecule has 1 heterocycles. The molecule has 19 heavy (non-hydrogen) atoms. The van der Waals surface area contributed by atoms with Crippen LogP contribution >= 0.6 is 0 Å². The molecule has 2 N–H and O–H groups in total. The number of benzene rings is 1. The zero-order valence-electron chi connectivity index (χ0n) is 10.8. The van der Waals surface area contributed by atoms with Gasteiger partial charge >= 0.3 is 0 Å². The van der Waals surface area contributed by atoms with Gasteiger partial charge < -0.3 is 10.6 Å². The predicted molar refractivity (Wildman–Crippen MR) is 70.9 cm³/mol. The molecule has 2 rings (SSSR count). The number of likely N-dealkylation sites (tertiary alicyclic amines) is 1. The fourth-order valence-corrected chi connectivity index (χ4v) is 2.37. The highest BCUT2D eigenvalue weighted by Crippen LogP contribution is 2.20. The van der Waals surface area contributed by atoms with Crippen molar-refractivity contribution in [1.29, 1.82) is 0 Å². The highest BCUT2D eigenvalue weighted by Gasteiger charge is 2.24. The molecule has 0 spiro atoms. The number of nitro groups is 1. The fraction of sp³-hybridized carbons (Fsp3) is 0.462. The molecule has 0 bridgehead atoms. The second-order valence-corrected chi connectivity index (χ2v) is 4.91. The molecule has 1 aromatic carbocycles. The van der Waals surface area contributed by atoms with Crippen LogP contribution in [0.5, 0.6) is 0 Å². The third kappa shape index (κ3) is 2.90. The quantitative estimate of drug-likeness (QED) is 0.646. The second kappa shape index (κ2) is 5.36. The van der Waals surface area contributed by atoms with Crippen molar-refractivity contribution >= 4 is 11.6 Å². The van der Waals surface area contributed by atoms with Crippen LogP contribution in [0.3, 0.4) is 0 Å². The SMILES string of the molecule is Cc1cc([N+](=O)[O-])ccc1C(=O)N1CCC[C@@H](N)C1. The molecule has 6 nitrogen and oxygen atoms in total. The van der Waals surface area contributed by atoms with Gasteiger partial charge in [0.15, 0.2) is 0 Å². The third-order valence-corrected chi connectivity index (χ3v) is 3.40. The van der Waals surface area contributed by atoms with Crippen molar-refractivity contribution in [1.82, 2.24) is 4.90 Å². The maximum atomic E-state index is 12.3. The smallest absolute Gasteiger partial charge is 0.269 e. The van der Waals surface area contributed by atoms with Crippen molar-refractivity contribution in [2.45, 2.75) is 25.8 Å². The van der Waals surface area contributed by atoms with Crippen molar-refractivity contribution in [2.24, 2.45) is 5.73 Å². The third-order valence-electron chi connectivity index (χ3n) is 3.40. The lowest BCUT2D eigenvalue weighted by Gasteiger charge is -2.31. The number of carbonyl (C=O) groups is 1. The predicted octanol–water partition coefficient (Wildman–Crippen LogP) is 1.47. The number of nitrogens with zero attached hydrogens (tertiary/aromatic N) is 2. The van der Waals surface area contributed by atoms with Crippen LogP contribution in [0.25, 0.3) is 0 Å². The summed E-state index contributed by atoms with van der Waals surface area (Å²) in [5.41, 5.74) is 7.00. The number of rotatable bonds is 2. The summed E-state index contributed by atoms with van der Waals surface area (Å²) < 4.78 is 0. The largest absolute Gasteiger partial charge is 0.337 e. The normalized spacial score (nSPS) is 19.3. The molecular formula is C13H17N3O3. The number of hydrogen-bond donors (Lipinski definition) is 1. The second-order valence-electron chi connectivity index (χ2n) is 4.91. The lowest BCUT2D eigenvalue weighted by molar-refractivity contribution is -0.384. The first-order valence-corrected chi connectivity index (χ1v) is 6.29. The Kier molecular flexibility index (Phi) is 3.80. The lowest BCUT2D eigenvalue weighted by Crippen LogP contribution is -2.45. The number of nitro benzene ring substituents is 1. The first-order valence-electron chi connectivity index (χ1n) is 6.29. The molecule has 0 unspecified atom stereocenters. The summed E-state index contributed by atoms with van der Waals surface area (Å²) in [5.74, 6) is -0.0949. The zero-order valence-corrected chi connectivity index (χ0v) is 10.8. The van der Waals surface area contributed by atoms with Gasteiger partial charge in [-0.2, -0.15) is 0 Å². The van der Waals surface area contributed by atoms with Crippen molar-refractivity contribution in [3.63, 3.8) is 0 Å². The fourth-order valence-electron chi connectivity index (χ4n) is 2.37. The van der Waals surface area contributed by atoms with E-state index in [1.807, 2.05) is 0 Å². The van der Waals surface area contributed by atoms with Gasteiger partial charge in [-0.1, -0.05) is 0 Å². The minimum atomic E-state index is -0.460. The maximum absolute atomic E-state index is 12.3. The highest BCUT2D eigenvalue weighted by molar-refractivity contribution is 5.96. The molecule has 6 heteroatoms. The number of amides is 1. The summed E-state index contributed by atoms with van der Waals surface area (Å²) in [5, 5.41) is 10.7. The van der Waals surface area contributed by atoms with Gasteiger partial charge in [0.25, 0.3) is 11.6 Å². The highest BCUT2D eigenvalue weighted by atomic mass is 16.6. The van der Waals surface area contributed by atoms with Crippen LogP contribution in [0.4, 0.5) is 5.69 Å². The molecule has 1 aliphatic heterocycles. The van der Waals surface area contributed by atoms with Gasteiger partial charge in [-0.05, 0) is 31.4 Å². The van der Waals surface area contributed by atoms with Gasteiger partial charge in [0.1, 0.15) is 0 Å². The van der Waals surface area contributed by atoms with E-state index >= 15 is 0 Å². The van der Waals surface area contributed by atoms with Gasteiger partial charge in [0.2, 0.25) is 0 Å². The Balaban J connectivity index is 2.21. The molecule has 1 aromatic rings. The monoisotopic (exact) mass is 263 g/mol. The van der Waals surface area contributed by atoms with E-state index < -0.39 is 4.92 Å². The molecule has 102 valence electrons.